The number of amides is 2. The lowest BCUT2D eigenvalue weighted by Gasteiger charge is -2.07. The van der Waals surface area contributed by atoms with E-state index in [0.29, 0.717) is 6.42 Å². The lowest BCUT2D eigenvalue weighted by Crippen LogP contribution is -2.26. The van der Waals surface area contributed by atoms with Crippen LogP contribution in [-0.4, -0.2) is 11.7 Å². The van der Waals surface area contributed by atoms with Crippen molar-refractivity contribution in [2.24, 2.45) is 10.8 Å². The van der Waals surface area contributed by atoms with Crippen LogP contribution in [0.15, 0.2) is 59.7 Å². The van der Waals surface area contributed by atoms with Crippen LogP contribution in [0.1, 0.15) is 16.7 Å². The monoisotopic (exact) mass is 267 g/mol. The fraction of sp³-hybridized carbons (Fsp3) is 0.125. The summed E-state index contributed by atoms with van der Waals surface area (Å²) in [4.78, 5) is 10.8. The number of nitrogens with one attached hydrogen (secondary N) is 1. The van der Waals surface area contributed by atoms with Crippen LogP contribution in [-0.2, 0) is 6.42 Å². The van der Waals surface area contributed by atoms with Gasteiger partial charge in [0, 0.05) is 6.42 Å². The highest BCUT2D eigenvalue weighted by molar-refractivity contribution is 6.02. The molecule has 0 aliphatic heterocycles. The maximum absolute atomic E-state index is 10.8. The number of hydrogen-bond donors (Lipinski definition) is 2. The van der Waals surface area contributed by atoms with Gasteiger partial charge < -0.3 is 5.73 Å². The summed E-state index contributed by atoms with van der Waals surface area (Å²) in [5, 5.41) is 4.11. The first kappa shape index (κ1) is 13.8. The number of carbonyl (C=O) groups excluding carboxylic acids is 1. The fourth-order valence-electron chi connectivity index (χ4n) is 1.86. The number of hydrazone groups is 1. The van der Waals surface area contributed by atoms with E-state index in [1.807, 2.05) is 61.5 Å². The number of carbonyl (C=O) groups is 1. The van der Waals surface area contributed by atoms with E-state index in [9.17, 15) is 4.79 Å². The highest BCUT2D eigenvalue weighted by atomic mass is 16.2. The maximum Gasteiger partial charge on any atom is 0.332 e. The van der Waals surface area contributed by atoms with E-state index in [1.54, 1.807) is 0 Å². The Bertz CT molecular complexity index is 603. The Labute approximate surface area is 118 Å². The first-order valence-corrected chi connectivity index (χ1v) is 6.38. The molecule has 0 aromatic heterocycles. The molecule has 2 amide bonds. The van der Waals surface area contributed by atoms with Gasteiger partial charge in [-0.3, -0.25) is 0 Å². The summed E-state index contributed by atoms with van der Waals surface area (Å²) < 4.78 is 0. The first-order valence-electron chi connectivity index (χ1n) is 6.38. The van der Waals surface area contributed by atoms with Gasteiger partial charge in [0.25, 0.3) is 0 Å². The molecule has 0 aliphatic carbocycles. The predicted molar refractivity (Wildman–Crippen MR) is 80.6 cm³/mol. The van der Waals surface area contributed by atoms with Gasteiger partial charge in [0.1, 0.15) is 0 Å². The van der Waals surface area contributed by atoms with Crippen LogP contribution in [0, 0.1) is 6.92 Å². The molecule has 0 aliphatic rings. The second-order valence-electron chi connectivity index (χ2n) is 4.56. The van der Waals surface area contributed by atoms with Gasteiger partial charge in [-0.15, -0.1) is 0 Å². The SMILES string of the molecule is Cc1ccc(/C(Cc2ccccc2)=N/NC(N)=O)cc1. The number of primary amides is 1. The highest BCUT2D eigenvalue weighted by Crippen LogP contribution is 2.10. The van der Waals surface area contributed by atoms with E-state index in [4.69, 9.17) is 5.73 Å². The van der Waals surface area contributed by atoms with Crippen molar-refractivity contribution in [2.45, 2.75) is 13.3 Å². The molecule has 0 bridgehead atoms. The zero-order valence-corrected chi connectivity index (χ0v) is 11.3. The summed E-state index contributed by atoms with van der Waals surface area (Å²) in [7, 11) is 0. The number of hydrogen-bond acceptors (Lipinski definition) is 2. The van der Waals surface area contributed by atoms with Gasteiger partial charge in [-0.25, -0.2) is 10.2 Å². The van der Waals surface area contributed by atoms with Crippen LogP contribution in [0.3, 0.4) is 0 Å². The lowest BCUT2D eigenvalue weighted by atomic mass is 10.0. The summed E-state index contributed by atoms with van der Waals surface area (Å²) in [5.41, 5.74) is 11.4. The Morgan fingerprint density at radius 2 is 1.75 bits per heavy atom. The van der Waals surface area contributed by atoms with Crippen molar-refractivity contribution in [3.8, 4) is 0 Å². The van der Waals surface area contributed by atoms with Crippen molar-refractivity contribution >= 4 is 11.7 Å². The van der Waals surface area contributed by atoms with Gasteiger partial charge in [-0.1, -0.05) is 60.2 Å². The van der Waals surface area contributed by atoms with Crippen molar-refractivity contribution in [1.82, 2.24) is 5.43 Å². The van der Waals surface area contributed by atoms with Crippen LogP contribution < -0.4 is 11.2 Å². The van der Waals surface area contributed by atoms with E-state index in [2.05, 4.69) is 10.5 Å². The molecule has 2 rings (SSSR count). The summed E-state index contributed by atoms with van der Waals surface area (Å²) in [6.07, 6.45) is 0.629. The summed E-state index contributed by atoms with van der Waals surface area (Å²) in [5.74, 6) is 0. The Hall–Kier alpha value is -2.62. The molecule has 0 fully saturated rings. The molecule has 0 radical (unpaired) electrons. The Balaban J connectivity index is 2.27. The average molecular weight is 267 g/mol. The van der Waals surface area contributed by atoms with Crippen molar-refractivity contribution in [1.29, 1.82) is 0 Å². The number of aryl methyl sites for hydroxylation is 1. The second kappa shape index (κ2) is 6.52. The van der Waals surface area contributed by atoms with Crippen LogP contribution in [0.2, 0.25) is 0 Å². The zero-order chi connectivity index (χ0) is 14.4. The molecule has 3 N–H and O–H groups in total. The molecule has 0 saturated heterocycles. The van der Waals surface area contributed by atoms with Gasteiger partial charge in [0.05, 0.1) is 5.71 Å². The van der Waals surface area contributed by atoms with E-state index < -0.39 is 6.03 Å². The molecule has 0 spiro atoms. The molecule has 0 unspecified atom stereocenters. The van der Waals surface area contributed by atoms with Crippen LogP contribution >= 0.6 is 0 Å². The second-order valence-corrected chi connectivity index (χ2v) is 4.56. The molecular formula is C16H17N3O. The third kappa shape index (κ3) is 3.95. The van der Waals surface area contributed by atoms with Gasteiger partial charge in [0.15, 0.2) is 0 Å². The normalized spacial score (nSPS) is 11.2. The molecule has 4 heteroatoms. The van der Waals surface area contributed by atoms with Gasteiger partial charge in [-0.05, 0) is 18.1 Å². The molecule has 4 nitrogen and oxygen atoms in total. The van der Waals surface area contributed by atoms with Crippen LogP contribution in [0.25, 0.3) is 0 Å². The third-order valence-corrected chi connectivity index (χ3v) is 2.90. The number of benzene rings is 2. The molecule has 2 aromatic rings. The first-order chi connectivity index (χ1) is 9.65. The minimum atomic E-state index is -0.664. The van der Waals surface area contributed by atoms with E-state index in [0.717, 1.165) is 16.8 Å². The molecule has 102 valence electrons. The van der Waals surface area contributed by atoms with Crippen molar-refractivity contribution in [3.05, 3.63) is 71.3 Å². The maximum atomic E-state index is 10.8. The van der Waals surface area contributed by atoms with Crippen LogP contribution in [0.5, 0.6) is 0 Å². The smallest absolute Gasteiger partial charge is 0.332 e. The van der Waals surface area contributed by atoms with E-state index in [-0.39, 0.29) is 0 Å². The van der Waals surface area contributed by atoms with Gasteiger partial charge >= 0.3 is 6.03 Å². The third-order valence-electron chi connectivity index (χ3n) is 2.90. The highest BCUT2D eigenvalue weighted by Gasteiger charge is 2.06. The minimum Gasteiger partial charge on any atom is -0.350 e. The van der Waals surface area contributed by atoms with Crippen molar-refractivity contribution < 1.29 is 4.79 Å². The van der Waals surface area contributed by atoms with Crippen LogP contribution in [0.4, 0.5) is 4.79 Å². The number of urea groups is 1. The number of rotatable bonds is 4. The molecule has 0 saturated carbocycles. The predicted octanol–water partition coefficient (Wildman–Crippen LogP) is 2.61. The van der Waals surface area contributed by atoms with E-state index >= 15 is 0 Å². The fourth-order valence-corrected chi connectivity index (χ4v) is 1.86. The largest absolute Gasteiger partial charge is 0.350 e. The number of nitrogens with zero attached hydrogens (tertiary/aromatic N) is 1. The van der Waals surface area contributed by atoms with Crippen molar-refractivity contribution in [2.75, 3.05) is 0 Å². The topological polar surface area (TPSA) is 67.5 Å². The number of nitrogens with two attached hydrogens (primary N) is 1. The molecule has 0 heterocycles. The summed E-state index contributed by atoms with van der Waals surface area (Å²) >= 11 is 0. The van der Waals surface area contributed by atoms with Crippen molar-refractivity contribution in [3.63, 3.8) is 0 Å². The quantitative estimate of drug-likeness (QED) is 0.649. The molecule has 2 aromatic carbocycles. The standard InChI is InChI=1S/C16H17N3O/c1-12-7-9-14(10-8-12)15(18-19-16(17)20)11-13-5-3-2-4-6-13/h2-10H,11H2,1H3,(H3,17,19,20)/b18-15+. The van der Waals surface area contributed by atoms with E-state index in [1.165, 1.54) is 5.56 Å². The molecular weight excluding hydrogens is 250 g/mol. The average Bonchev–Trinajstić information content (AvgIpc) is 2.45. The van der Waals surface area contributed by atoms with Gasteiger partial charge in [0.2, 0.25) is 0 Å². The molecule has 20 heavy (non-hydrogen) atoms. The lowest BCUT2D eigenvalue weighted by molar-refractivity contribution is 0.249. The Kier molecular flexibility index (Phi) is 4.50. The Morgan fingerprint density at radius 1 is 1.10 bits per heavy atom. The molecule has 0 atom stereocenters. The minimum absolute atomic E-state index is 0.629. The zero-order valence-electron chi connectivity index (χ0n) is 11.3. The van der Waals surface area contributed by atoms with Gasteiger partial charge in [-0.2, -0.15) is 5.10 Å². The summed E-state index contributed by atoms with van der Waals surface area (Å²) in [6.45, 7) is 2.03. The Morgan fingerprint density at radius 3 is 2.35 bits per heavy atom. The summed E-state index contributed by atoms with van der Waals surface area (Å²) in [6, 6.07) is 17.3.